The lowest BCUT2D eigenvalue weighted by atomic mass is 10.2. The van der Waals surface area contributed by atoms with Gasteiger partial charge in [-0.25, -0.2) is 4.39 Å². The molecule has 2 rings (SSSR count). The molecule has 4 heteroatoms. The van der Waals surface area contributed by atoms with Crippen molar-refractivity contribution in [1.29, 1.82) is 0 Å². The number of thiophene rings is 1. The molecular weight excluding hydrogens is 285 g/mol. The molecule has 0 saturated heterocycles. The summed E-state index contributed by atoms with van der Waals surface area (Å²) in [6.45, 7) is 7.06. The Balaban J connectivity index is 1.84. The maximum Gasteiger partial charge on any atom is 0.128 e. The number of hydrogen-bond donors (Lipinski definition) is 1. The number of ether oxygens (including phenoxy) is 1. The summed E-state index contributed by atoms with van der Waals surface area (Å²) in [6.07, 6.45) is 1.14. The van der Waals surface area contributed by atoms with Gasteiger partial charge in [-0.1, -0.05) is 25.1 Å². The van der Waals surface area contributed by atoms with E-state index in [1.54, 1.807) is 23.5 Å². The minimum absolute atomic E-state index is 0.205. The van der Waals surface area contributed by atoms with E-state index in [1.807, 2.05) is 6.07 Å². The quantitative estimate of drug-likeness (QED) is 0.729. The summed E-state index contributed by atoms with van der Waals surface area (Å²) in [4.78, 5) is 2.60. The molecule has 114 valence electrons. The second kappa shape index (κ2) is 8.27. The molecule has 2 aromatic rings. The van der Waals surface area contributed by atoms with Crippen molar-refractivity contribution in [3.8, 4) is 0 Å². The van der Waals surface area contributed by atoms with Gasteiger partial charge in [0.2, 0.25) is 0 Å². The van der Waals surface area contributed by atoms with E-state index < -0.39 is 0 Å². The van der Waals surface area contributed by atoms with Crippen molar-refractivity contribution in [2.75, 3.05) is 6.54 Å². The highest BCUT2D eigenvalue weighted by Gasteiger charge is 2.06. The Morgan fingerprint density at radius 3 is 2.71 bits per heavy atom. The van der Waals surface area contributed by atoms with Crippen LogP contribution in [-0.4, -0.2) is 6.54 Å². The second-order valence-corrected chi connectivity index (χ2v) is 6.40. The van der Waals surface area contributed by atoms with Crippen LogP contribution in [-0.2, 0) is 24.5 Å². The van der Waals surface area contributed by atoms with Crippen LogP contribution >= 0.6 is 11.3 Å². The Morgan fingerprint density at radius 1 is 1.19 bits per heavy atom. The van der Waals surface area contributed by atoms with Gasteiger partial charge < -0.3 is 10.1 Å². The molecule has 0 fully saturated rings. The second-order valence-electron chi connectivity index (χ2n) is 5.06. The fourth-order valence-corrected chi connectivity index (χ4v) is 3.11. The van der Waals surface area contributed by atoms with Gasteiger partial charge in [0.1, 0.15) is 5.82 Å². The predicted molar refractivity (Wildman–Crippen MR) is 85.9 cm³/mol. The third-order valence-corrected chi connectivity index (χ3v) is 4.36. The maximum absolute atomic E-state index is 13.5. The van der Waals surface area contributed by atoms with Crippen LogP contribution in [0.3, 0.4) is 0 Å². The SMILES string of the molecule is CCCNCc1cc(COCc2ccccc2F)c(C)s1. The Hall–Kier alpha value is -1.23. The molecule has 0 spiro atoms. The zero-order valence-corrected chi connectivity index (χ0v) is 13.4. The largest absolute Gasteiger partial charge is 0.372 e. The highest BCUT2D eigenvalue weighted by molar-refractivity contribution is 7.12. The van der Waals surface area contributed by atoms with Crippen LogP contribution in [0.2, 0.25) is 0 Å². The molecule has 1 heterocycles. The van der Waals surface area contributed by atoms with Gasteiger partial charge in [0.25, 0.3) is 0 Å². The number of aryl methyl sites for hydroxylation is 1. The summed E-state index contributed by atoms with van der Waals surface area (Å²) < 4.78 is 19.1. The summed E-state index contributed by atoms with van der Waals surface area (Å²) in [5.74, 6) is -0.205. The van der Waals surface area contributed by atoms with Crippen molar-refractivity contribution in [3.63, 3.8) is 0 Å². The summed E-state index contributed by atoms with van der Waals surface area (Å²) in [7, 11) is 0. The maximum atomic E-state index is 13.5. The van der Waals surface area contributed by atoms with Crippen LogP contribution in [0, 0.1) is 12.7 Å². The standard InChI is InChI=1S/C17H22FNOS/c1-3-8-19-10-16-9-15(13(2)21-16)12-20-11-14-6-4-5-7-17(14)18/h4-7,9,19H,3,8,10-12H2,1-2H3. The smallest absolute Gasteiger partial charge is 0.128 e. The molecular formula is C17H22FNOS. The van der Waals surface area contributed by atoms with Gasteiger partial charge in [0, 0.05) is 21.9 Å². The van der Waals surface area contributed by atoms with E-state index in [0.717, 1.165) is 19.5 Å². The minimum Gasteiger partial charge on any atom is -0.372 e. The molecule has 0 radical (unpaired) electrons. The normalized spacial score (nSPS) is 11.0. The average Bonchev–Trinajstić information content (AvgIpc) is 2.82. The summed E-state index contributed by atoms with van der Waals surface area (Å²) >= 11 is 1.80. The van der Waals surface area contributed by atoms with Crippen LogP contribution < -0.4 is 5.32 Å². The van der Waals surface area contributed by atoms with E-state index in [0.29, 0.717) is 18.8 Å². The number of rotatable bonds is 8. The Kier molecular flexibility index (Phi) is 6.36. The zero-order chi connectivity index (χ0) is 15.1. The third kappa shape index (κ3) is 4.92. The Morgan fingerprint density at radius 2 is 1.95 bits per heavy atom. The fraction of sp³-hybridized carbons (Fsp3) is 0.412. The highest BCUT2D eigenvalue weighted by Crippen LogP contribution is 2.22. The number of hydrogen-bond acceptors (Lipinski definition) is 3. The van der Waals surface area contributed by atoms with Crippen molar-refractivity contribution in [2.45, 2.75) is 40.0 Å². The molecule has 0 aliphatic heterocycles. The Bertz CT molecular complexity index is 568. The molecule has 1 aromatic carbocycles. The first kappa shape index (κ1) is 16.1. The van der Waals surface area contributed by atoms with Gasteiger partial charge in [-0.05, 0) is 37.6 Å². The predicted octanol–water partition coefficient (Wildman–Crippen LogP) is 4.41. The van der Waals surface area contributed by atoms with Crippen LogP contribution in [0.1, 0.15) is 34.2 Å². The van der Waals surface area contributed by atoms with E-state index in [-0.39, 0.29) is 5.82 Å². The van der Waals surface area contributed by atoms with Crippen molar-refractivity contribution in [3.05, 3.63) is 57.0 Å². The first-order valence-electron chi connectivity index (χ1n) is 7.30. The van der Waals surface area contributed by atoms with Gasteiger partial charge in [-0.2, -0.15) is 0 Å². The third-order valence-electron chi connectivity index (χ3n) is 3.27. The van der Waals surface area contributed by atoms with Crippen LogP contribution in [0.4, 0.5) is 4.39 Å². The number of benzene rings is 1. The zero-order valence-electron chi connectivity index (χ0n) is 12.6. The molecule has 0 unspecified atom stereocenters. The fourth-order valence-electron chi connectivity index (χ4n) is 2.09. The van der Waals surface area contributed by atoms with E-state index in [9.17, 15) is 4.39 Å². The molecule has 0 aliphatic carbocycles. The van der Waals surface area contributed by atoms with Gasteiger partial charge >= 0.3 is 0 Å². The molecule has 1 N–H and O–H groups in total. The molecule has 0 bridgehead atoms. The van der Waals surface area contributed by atoms with Gasteiger partial charge in [0.15, 0.2) is 0 Å². The first-order valence-corrected chi connectivity index (χ1v) is 8.12. The monoisotopic (exact) mass is 307 g/mol. The number of nitrogens with one attached hydrogen (secondary N) is 1. The van der Waals surface area contributed by atoms with Crippen LogP contribution in [0.25, 0.3) is 0 Å². The van der Waals surface area contributed by atoms with E-state index in [4.69, 9.17) is 4.74 Å². The summed E-state index contributed by atoms with van der Waals surface area (Å²) in [5.41, 5.74) is 1.81. The highest BCUT2D eigenvalue weighted by atomic mass is 32.1. The molecule has 0 atom stereocenters. The van der Waals surface area contributed by atoms with Crippen LogP contribution in [0.15, 0.2) is 30.3 Å². The van der Waals surface area contributed by atoms with E-state index >= 15 is 0 Å². The van der Waals surface area contributed by atoms with E-state index in [2.05, 4.69) is 25.2 Å². The number of halogens is 1. The lowest BCUT2D eigenvalue weighted by Crippen LogP contribution is -2.12. The van der Waals surface area contributed by atoms with E-state index in [1.165, 1.54) is 21.4 Å². The first-order chi connectivity index (χ1) is 10.2. The van der Waals surface area contributed by atoms with Crippen LogP contribution in [0.5, 0.6) is 0 Å². The van der Waals surface area contributed by atoms with Crippen molar-refractivity contribution in [2.24, 2.45) is 0 Å². The lowest BCUT2D eigenvalue weighted by Gasteiger charge is -2.05. The molecule has 0 amide bonds. The summed E-state index contributed by atoms with van der Waals surface area (Å²) in [6, 6.07) is 8.93. The van der Waals surface area contributed by atoms with Gasteiger partial charge in [0.05, 0.1) is 13.2 Å². The van der Waals surface area contributed by atoms with Gasteiger partial charge in [-0.15, -0.1) is 11.3 Å². The Labute approximate surface area is 130 Å². The van der Waals surface area contributed by atoms with Crippen molar-refractivity contribution >= 4 is 11.3 Å². The summed E-state index contributed by atoms with van der Waals surface area (Å²) in [5, 5.41) is 3.40. The topological polar surface area (TPSA) is 21.3 Å². The van der Waals surface area contributed by atoms with Crippen molar-refractivity contribution < 1.29 is 9.13 Å². The minimum atomic E-state index is -0.205. The molecule has 0 aliphatic rings. The molecule has 21 heavy (non-hydrogen) atoms. The molecule has 2 nitrogen and oxygen atoms in total. The molecule has 0 saturated carbocycles. The van der Waals surface area contributed by atoms with Crippen molar-refractivity contribution in [1.82, 2.24) is 5.32 Å². The lowest BCUT2D eigenvalue weighted by molar-refractivity contribution is 0.105. The van der Waals surface area contributed by atoms with Gasteiger partial charge in [-0.3, -0.25) is 0 Å². The molecule has 1 aromatic heterocycles. The average molecular weight is 307 g/mol.